The van der Waals surface area contributed by atoms with Crippen LogP contribution >= 0.6 is 0 Å². The summed E-state index contributed by atoms with van der Waals surface area (Å²) < 4.78 is 11.3. The van der Waals surface area contributed by atoms with Crippen molar-refractivity contribution >= 4 is 17.4 Å². The lowest BCUT2D eigenvalue weighted by Gasteiger charge is -2.36. The van der Waals surface area contributed by atoms with Gasteiger partial charge in [-0.3, -0.25) is 0 Å². The number of urea groups is 1. The maximum absolute atomic E-state index is 12.8. The molecule has 0 spiro atoms. The van der Waals surface area contributed by atoms with Gasteiger partial charge in [-0.15, -0.1) is 0 Å². The number of piperazine rings is 1. The van der Waals surface area contributed by atoms with E-state index in [0.717, 1.165) is 47.1 Å². The average Bonchev–Trinajstić information content (AvgIpc) is 2.89. The van der Waals surface area contributed by atoms with Crippen molar-refractivity contribution in [3.63, 3.8) is 0 Å². The average molecular weight is 457 g/mol. The van der Waals surface area contributed by atoms with E-state index in [2.05, 4.69) is 16.3 Å². The molecular weight excluding hydrogens is 428 g/mol. The van der Waals surface area contributed by atoms with Crippen molar-refractivity contribution in [2.75, 3.05) is 43.5 Å². The van der Waals surface area contributed by atoms with Gasteiger partial charge in [0.25, 0.3) is 0 Å². The molecule has 0 unspecified atom stereocenters. The van der Waals surface area contributed by atoms with E-state index in [9.17, 15) is 4.79 Å². The third-order valence-corrected chi connectivity index (χ3v) is 5.78. The Morgan fingerprint density at radius 3 is 2.47 bits per heavy atom. The number of rotatable bonds is 7. The Balaban J connectivity index is 1.29. The molecule has 1 saturated heterocycles. The van der Waals surface area contributed by atoms with Gasteiger partial charge in [0.15, 0.2) is 0 Å². The van der Waals surface area contributed by atoms with Crippen molar-refractivity contribution in [2.24, 2.45) is 0 Å². The monoisotopic (exact) mass is 456 g/mol. The second-order valence-corrected chi connectivity index (χ2v) is 8.04. The number of nitrogens with zero attached hydrogens (tertiary/aromatic N) is 3. The molecule has 7 nitrogen and oxygen atoms in total. The lowest BCUT2D eigenvalue weighted by molar-refractivity contribution is 0.208. The number of ether oxygens (including phenoxy) is 2. The van der Waals surface area contributed by atoms with Crippen LogP contribution in [0.2, 0.25) is 0 Å². The topological polar surface area (TPSA) is 77.8 Å². The number of nitrogens with one attached hydrogen (secondary N) is 1. The number of para-hydroxylation sites is 2. The number of hydrogen-bond donors (Lipinski definition) is 1. The van der Waals surface area contributed by atoms with Gasteiger partial charge >= 0.3 is 6.03 Å². The van der Waals surface area contributed by atoms with Crippen LogP contribution in [0, 0.1) is 11.3 Å². The van der Waals surface area contributed by atoms with E-state index in [0.29, 0.717) is 26.1 Å². The Morgan fingerprint density at radius 2 is 1.74 bits per heavy atom. The number of nitriles is 1. The Hall–Kier alpha value is -4.18. The normalized spacial score (nSPS) is 13.2. The first-order valence-electron chi connectivity index (χ1n) is 11.3. The summed E-state index contributed by atoms with van der Waals surface area (Å²) in [4.78, 5) is 16.9. The molecule has 1 heterocycles. The molecule has 1 fully saturated rings. The number of methoxy groups -OCH3 is 1. The van der Waals surface area contributed by atoms with E-state index in [-0.39, 0.29) is 6.03 Å². The zero-order valence-corrected chi connectivity index (χ0v) is 19.2. The van der Waals surface area contributed by atoms with Gasteiger partial charge in [-0.25, -0.2) is 4.79 Å². The summed E-state index contributed by atoms with van der Waals surface area (Å²) in [5.41, 5.74) is 3.71. The molecule has 0 bridgehead atoms. The van der Waals surface area contributed by atoms with E-state index >= 15 is 0 Å². The molecule has 0 aromatic heterocycles. The molecule has 2 amide bonds. The zero-order valence-electron chi connectivity index (χ0n) is 19.2. The van der Waals surface area contributed by atoms with Crippen LogP contribution in [0.3, 0.4) is 0 Å². The van der Waals surface area contributed by atoms with Crippen LogP contribution < -0.4 is 19.7 Å². The van der Waals surface area contributed by atoms with Gasteiger partial charge in [-0.1, -0.05) is 36.4 Å². The quantitative estimate of drug-likeness (QED) is 0.558. The minimum Gasteiger partial charge on any atom is -0.495 e. The van der Waals surface area contributed by atoms with Gasteiger partial charge in [0.05, 0.1) is 25.3 Å². The smallest absolute Gasteiger partial charge is 0.321 e. The summed E-state index contributed by atoms with van der Waals surface area (Å²) >= 11 is 0. The number of amides is 2. The minimum atomic E-state index is -0.106. The zero-order chi connectivity index (χ0) is 23.8. The van der Waals surface area contributed by atoms with Gasteiger partial charge in [0.2, 0.25) is 0 Å². The number of benzene rings is 3. The summed E-state index contributed by atoms with van der Waals surface area (Å²) in [6.45, 7) is 3.14. The van der Waals surface area contributed by atoms with Crippen LogP contribution in [0.15, 0.2) is 72.8 Å². The van der Waals surface area contributed by atoms with Gasteiger partial charge < -0.3 is 24.6 Å². The van der Waals surface area contributed by atoms with E-state index in [1.165, 1.54) is 0 Å². The van der Waals surface area contributed by atoms with Crippen LogP contribution in [-0.4, -0.2) is 44.2 Å². The maximum Gasteiger partial charge on any atom is 0.321 e. The van der Waals surface area contributed by atoms with Crippen molar-refractivity contribution in [3.05, 3.63) is 83.9 Å². The van der Waals surface area contributed by atoms with E-state index in [1.807, 2.05) is 77.7 Å². The van der Waals surface area contributed by atoms with Crippen LogP contribution in [-0.2, 0) is 13.0 Å². The Bertz CT molecular complexity index is 1150. The lowest BCUT2D eigenvalue weighted by atomic mass is 10.1. The first-order valence-corrected chi connectivity index (χ1v) is 11.3. The predicted octanol–water partition coefficient (Wildman–Crippen LogP) is 4.69. The molecule has 1 aliphatic rings. The third kappa shape index (κ3) is 5.78. The van der Waals surface area contributed by atoms with Gasteiger partial charge in [-0.2, -0.15) is 5.26 Å². The lowest BCUT2D eigenvalue weighted by Crippen LogP contribution is -2.50. The van der Waals surface area contributed by atoms with Gasteiger partial charge in [-0.05, 0) is 47.5 Å². The standard InChI is InChI=1S/C27H28N4O3/c1-33-26-8-3-2-7-25(26)30-15-17-31(18-16-30)27(32)29-23-6-4-5-22(19-23)20-34-24-11-9-21(10-12-24)13-14-28/h2-12,19H,13,15-18,20H2,1H3,(H,29,32). The number of hydrogen-bond acceptors (Lipinski definition) is 5. The van der Waals surface area contributed by atoms with Gasteiger partial charge in [0.1, 0.15) is 18.1 Å². The summed E-state index contributed by atoms with van der Waals surface area (Å²) in [5.74, 6) is 1.58. The fraction of sp³-hybridized carbons (Fsp3) is 0.259. The van der Waals surface area contributed by atoms with Crippen LogP contribution in [0.4, 0.5) is 16.2 Å². The molecule has 3 aromatic carbocycles. The van der Waals surface area contributed by atoms with Crippen molar-refractivity contribution in [2.45, 2.75) is 13.0 Å². The second-order valence-electron chi connectivity index (χ2n) is 8.04. The molecule has 0 atom stereocenters. The highest BCUT2D eigenvalue weighted by Gasteiger charge is 2.23. The fourth-order valence-electron chi connectivity index (χ4n) is 3.94. The largest absolute Gasteiger partial charge is 0.495 e. The van der Waals surface area contributed by atoms with Crippen LogP contribution in [0.25, 0.3) is 0 Å². The van der Waals surface area contributed by atoms with Crippen molar-refractivity contribution < 1.29 is 14.3 Å². The van der Waals surface area contributed by atoms with Crippen molar-refractivity contribution in [3.8, 4) is 17.6 Å². The summed E-state index contributed by atoms with van der Waals surface area (Å²) in [5, 5.41) is 11.8. The van der Waals surface area contributed by atoms with Crippen molar-refractivity contribution in [1.82, 2.24) is 4.90 Å². The maximum atomic E-state index is 12.8. The molecule has 0 saturated carbocycles. The molecule has 0 aliphatic carbocycles. The second kappa shape index (κ2) is 11.1. The minimum absolute atomic E-state index is 0.106. The highest BCUT2D eigenvalue weighted by molar-refractivity contribution is 5.89. The molecule has 34 heavy (non-hydrogen) atoms. The predicted molar refractivity (Wildman–Crippen MR) is 132 cm³/mol. The highest BCUT2D eigenvalue weighted by atomic mass is 16.5. The summed E-state index contributed by atoms with van der Waals surface area (Å²) in [6, 6.07) is 25.2. The van der Waals surface area contributed by atoms with Gasteiger partial charge in [0, 0.05) is 31.9 Å². The third-order valence-electron chi connectivity index (χ3n) is 5.78. The fourth-order valence-corrected chi connectivity index (χ4v) is 3.94. The molecular formula is C27H28N4O3. The molecule has 0 radical (unpaired) electrons. The van der Waals surface area contributed by atoms with E-state index in [4.69, 9.17) is 14.7 Å². The van der Waals surface area contributed by atoms with Crippen LogP contribution in [0.5, 0.6) is 11.5 Å². The highest BCUT2D eigenvalue weighted by Crippen LogP contribution is 2.28. The van der Waals surface area contributed by atoms with Crippen LogP contribution in [0.1, 0.15) is 11.1 Å². The number of carbonyl (C=O) groups excluding carboxylic acids is 1. The molecule has 1 N–H and O–H groups in total. The molecule has 174 valence electrons. The number of carbonyl (C=O) groups is 1. The molecule has 7 heteroatoms. The summed E-state index contributed by atoms with van der Waals surface area (Å²) in [7, 11) is 1.67. The van der Waals surface area contributed by atoms with Crippen molar-refractivity contribution in [1.29, 1.82) is 5.26 Å². The molecule has 3 aromatic rings. The molecule has 4 rings (SSSR count). The number of anilines is 2. The van der Waals surface area contributed by atoms with E-state index in [1.54, 1.807) is 7.11 Å². The Morgan fingerprint density at radius 1 is 0.971 bits per heavy atom. The SMILES string of the molecule is COc1ccccc1N1CCN(C(=O)Nc2cccc(COc3ccc(CC#N)cc3)c2)CC1. The molecule has 1 aliphatic heterocycles. The Labute approximate surface area is 200 Å². The Kier molecular flexibility index (Phi) is 7.51. The van der Waals surface area contributed by atoms with E-state index < -0.39 is 0 Å². The summed E-state index contributed by atoms with van der Waals surface area (Å²) in [6.07, 6.45) is 0.386. The first-order chi connectivity index (χ1) is 16.7. The first kappa shape index (κ1) is 23.0.